The van der Waals surface area contributed by atoms with Crippen molar-refractivity contribution in [2.24, 2.45) is 0 Å². The van der Waals surface area contributed by atoms with Crippen molar-refractivity contribution in [1.82, 2.24) is 9.88 Å². The number of carbonyl (C=O) groups is 2. The molecule has 0 radical (unpaired) electrons. The van der Waals surface area contributed by atoms with Gasteiger partial charge in [-0.2, -0.15) is 10.5 Å². The molecule has 10 heteroatoms. The number of anilines is 1. The summed E-state index contributed by atoms with van der Waals surface area (Å²) in [5.74, 6) is -0.223. The Hall–Kier alpha value is -3.08. The lowest BCUT2D eigenvalue weighted by Crippen LogP contribution is -2.35. The molecule has 2 amide bonds. The monoisotopic (exact) mass is 455 g/mol. The second-order valence-corrected chi connectivity index (χ2v) is 8.97. The molecule has 0 saturated heterocycles. The van der Waals surface area contributed by atoms with E-state index in [4.69, 9.17) is 4.74 Å². The van der Waals surface area contributed by atoms with Crippen LogP contribution in [0, 0.1) is 36.5 Å². The number of thioether (sulfide) groups is 1. The van der Waals surface area contributed by atoms with Gasteiger partial charge in [-0.05, 0) is 44.4 Å². The van der Waals surface area contributed by atoms with Gasteiger partial charge in [-0.25, -0.2) is 9.78 Å². The molecule has 0 unspecified atom stereocenters. The Kier molecular flexibility index (Phi) is 7.16. The molecule has 3 rings (SSSR count). The van der Waals surface area contributed by atoms with Crippen LogP contribution in [0.2, 0.25) is 0 Å². The van der Waals surface area contributed by atoms with Gasteiger partial charge in [0.25, 0.3) is 0 Å². The van der Waals surface area contributed by atoms with Crippen molar-refractivity contribution in [1.29, 1.82) is 10.5 Å². The van der Waals surface area contributed by atoms with Crippen molar-refractivity contribution in [3.05, 3.63) is 38.9 Å². The third kappa shape index (κ3) is 4.98. The zero-order chi connectivity index (χ0) is 22.5. The fourth-order valence-electron chi connectivity index (χ4n) is 3.32. The molecule has 31 heavy (non-hydrogen) atoms. The Bertz CT molecular complexity index is 1110. The van der Waals surface area contributed by atoms with Gasteiger partial charge in [0.2, 0.25) is 5.91 Å². The number of fused-ring (bicyclic) bond motifs is 1. The maximum Gasteiger partial charge on any atom is 0.410 e. The maximum absolute atomic E-state index is 12.6. The van der Waals surface area contributed by atoms with E-state index in [1.807, 2.05) is 19.9 Å². The summed E-state index contributed by atoms with van der Waals surface area (Å²) in [6, 6.07) is 6.15. The number of amides is 2. The van der Waals surface area contributed by atoms with Gasteiger partial charge in [0.1, 0.15) is 22.2 Å². The predicted octanol–water partition coefficient (Wildman–Crippen LogP) is 3.75. The number of aryl methyl sites for hydroxylation is 2. The van der Waals surface area contributed by atoms with E-state index in [1.165, 1.54) is 23.1 Å². The Labute approximate surface area is 188 Å². The minimum Gasteiger partial charge on any atom is -0.450 e. The summed E-state index contributed by atoms with van der Waals surface area (Å²) in [6.07, 6.45) is 0.159. The third-order valence-electron chi connectivity index (χ3n) is 4.71. The summed E-state index contributed by atoms with van der Waals surface area (Å²) in [5.41, 5.74) is 3.39. The van der Waals surface area contributed by atoms with Crippen molar-refractivity contribution in [3.63, 3.8) is 0 Å². The van der Waals surface area contributed by atoms with Crippen LogP contribution >= 0.6 is 23.1 Å². The SMILES string of the molecule is CCOC(=O)N1CCc2c(sc(NC(=O)CSc3nc(C)cc(C)c3C#N)c2C#N)C1. The number of hydrogen-bond donors (Lipinski definition) is 1. The van der Waals surface area contributed by atoms with E-state index in [1.54, 1.807) is 11.8 Å². The topological polar surface area (TPSA) is 119 Å². The third-order valence-corrected chi connectivity index (χ3v) is 6.82. The van der Waals surface area contributed by atoms with E-state index in [0.29, 0.717) is 47.3 Å². The van der Waals surface area contributed by atoms with Gasteiger partial charge in [0.15, 0.2) is 0 Å². The lowest BCUT2D eigenvalue weighted by atomic mass is 10.0. The first-order valence-corrected chi connectivity index (χ1v) is 11.4. The van der Waals surface area contributed by atoms with Crippen LogP contribution in [0.5, 0.6) is 0 Å². The second-order valence-electron chi connectivity index (χ2n) is 6.90. The standard InChI is InChI=1S/C21H21N5O3S2/c1-4-29-21(28)26-6-5-14-16(9-23)20(31-17(14)10-26)25-18(27)11-30-19-15(8-22)12(2)7-13(3)24-19/h7H,4-6,10-11H2,1-3H3,(H,25,27). The molecule has 1 aliphatic heterocycles. The first-order chi connectivity index (χ1) is 14.9. The van der Waals surface area contributed by atoms with E-state index < -0.39 is 0 Å². The molecule has 0 bridgehead atoms. The molecule has 2 aromatic rings. The van der Waals surface area contributed by atoms with Crippen molar-refractivity contribution in [2.75, 3.05) is 24.2 Å². The van der Waals surface area contributed by atoms with Crippen LogP contribution in [0.1, 0.15) is 39.7 Å². The highest BCUT2D eigenvalue weighted by atomic mass is 32.2. The largest absolute Gasteiger partial charge is 0.450 e. The molecule has 2 aromatic heterocycles. The van der Waals surface area contributed by atoms with Crippen molar-refractivity contribution >= 4 is 40.1 Å². The van der Waals surface area contributed by atoms with Crippen LogP contribution in [-0.4, -0.2) is 40.8 Å². The van der Waals surface area contributed by atoms with Gasteiger partial charge in [0, 0.05) is 17.1 Å². The molecule has 1 aliphatic rings. The van der Waals surface area contributed by atoms with Crippen LogP contribution in [-0.2, 0) is 22.5 Å². The van der Waals surface area contributed by atoms with Crippen LogP contribution in [0.25, 0.3) is 0 Å². The van der Waals surface area contributed by atoms with E-state index >= 15 is 0 Å². The van der Waals surface area contributed by atoms with Crippen LogP contribution in [0.4, 0.5) is 9.80 Å². The highest BCUT2D eigenvalue weighted by Crippen LogP contribution is 2.37. The minimum absolute atomic E-state index is 0.0625. The van der Waals surface area contributed by atoms with E-state index in [2.05, 4.69) is 22.4 Å². The fraction of sp³-hybridized carbons (Fsp3) is 0.381. The molecular weight excluding hydrogens is 434 g/mol. The summed E-state index contributed by atoms with van der Waals surface area (Å²) in [4.78, 5) is 31.4. The predicted molar refractivity (Wildman–Crippen MR) is 118 cm³/mol. The average Bonchev–Trinajstić information content (AvgIpc) is 3.08. The van der Waals surface area contributed by atoms with Gasteiger partial charge in [0.05, 0.1) is 30.0 Å². The van der Waals surface area contributed by atoms with Gasteiger partial charge in [-0.1, -0.05) is 11.8 Å². The Morgan fingerprint density at radius 2 is 2.06 bits per heavy atom. The first-order valence-electron chi connectivity index (χ1n) is 9.65. The lowest BCUT2D eigenvalue weighted by Gasteiger charge is -2.25. The number of aromatic nitrogens is 1. The summed E-state index contributed by atoms with van der Waals surface area (Å²) < 4.78 is 5.06. The number of nitrogens with zero attached hydrogens (tertiary/aromatic N) is 4. The number of ether oxygens (including phenoxy) is 1. The average molecular weight is 456 g/mol. The van der Waals surface area contributed by atoms with Gasteiger partial charge >= 0.3 is 6.09 Å². The molecule has 0 spiro atoms. The number of hydrogen-bond acceptors (Lipinski definition) is 8. The molecular formula is C21H21N5O3S2. The molecule has 1 N–H and O–H groups in total. The quantitative estimate of drug-likeness (QED) is 0.682. The molecule has 3 heterocycles. The highest BCUT2D eigenvalue weighted by Gasteiger charge is 2.28. The van der Waals surface area contributed by atoms with Crippen LogP contribution < -0.4 is 5.32 Å². The molecule has 0 aromatic carbocycles. The minimum atomic E-state index is -0.378. The van der Waals surface area contributed by atoms with Gasteiger partial charge < -0.3 is 15.0 Å². The smallest absolute Gasteiger partial charge is 0.410 e. The number of pyridine rings is 1. The van der Waals surface area contributed by atoms with E-state index in [0.717, 1.165) is 21.7 Å². The van der Waals surface area contributed by atoms with Crippen molar-refractivity contribution in [3.8, 4) is 12.1 Å². The van der Waals surface area contributed by atoms with Crippen LogP contribution in [0.15, 0.2) is 11.1 Å². The molecule has 0 aliphatic carbocycles. The molecule has 0 saturated carbocycles. The van der Waals surface area contributed by atoms with E-state index in [-0.39, 0.29) is 17.8 Å². The lowest BCUT2D eigenvalue weighted by molar-refractivity contribution is -0.113. The Balaban J connectivity index is 1.71. The molecule has 0 atom stereocenters. The fourth-order valence-corrected chi connectivity index (χ4v) is 5.45. The van der Waals surface area contributed by atoms with Gasteiger partial charge in [-0.15, -0.1) is 11.3 Å². The molecule has 8 nitrogen and oxygen atoms in total. The summed E-state index contributed by atoms with van der Waals surface area (Å²) >= 11 is 2.50. The second kappa shape index (κ2) is 9.82. The number of nitriles is 2. The zero-order valence-electron chi connectivity index (χ0n) is 17.4. The van der Waals surface area contributed by atoms with Crippen molar-refractivity contribution in [2.45, 2.75) is 38.8 Å². The van der Waals surface area contributed by atoms with Gasteiger partial charge in [-0.3, -0.25) is 4.79 Å². The number of nitrogens with one attached hydrogen (secondary N) is 1. The summed E-state index contributed by atoms with van der Waals surface area (Å²) in [7, 11) is 0. The Morgan fingerprint density at radius 3 is 2.74 bits per heavy atom. The van der Waals surface area contributed by atoms with Crippen molar-refractivity contribution < 1.29 is 14.3 Å². The van der Waals surface area contributed by atoms with E-state index in [9.17, 15) is 20.1 Å². The normalized spacial score (nSPS) is 12.5. The number of rotatable bonds is 5. The molecule has 160 valence electrons. The Morgan fingerprint density at radius 1 is 1.32 bits per heavy atom. The maximum atomic E-state index is 12.6. The van der Waals surface area contributed by atoms with Crippen LogP contribution in [0.3, 0.4) is 0 Å². The first kappa shape index (κ1) is 22.6. The zero-order valence-corrected chi connectivity index (χ0v) is 19.1. The highest BCUT2D eigenvalue weighted by molar-refractivity contribution is 8.00. The number of carbonyl (C=O) groups excluding carboxylic acids is 2. The number of thiophene rings is 1. The summed E-state index contributed by atoms with van der Waals surface area (Å²) in [5, 5.41) is 22.8. The molecule has 0 fully saturated rings. The summed E-state index contributed by atoms with van der Waals surface area (Å²) in [6.45, 7) is 6.56.